The van der Waals surface area contributed by atoms with Crippen molar-refractivity contribution >= 4 is 0 Å². The van der Waals surface area contributed by atoms with Crippen molar-refractivity contribution in [3.63, 3.8) is 0 Å². The molecule has 0 unspecified atom stereocenters. The van der Waals surface area contributed by atoms with Crippen molar-refractivity contribution in [2.75, 3.05) is 26.7 Å². The minimum absolute atomic E-state index is 0.794. The Hall–Kier alpha value is -0.860. The van der Waals surface area contributed by atoms with Crippen LogP contribution in [0.2, 0.25) is 0 Å². The molecule has 0 bridgehead atoms. The summed E-state index contributed by atoms with van der Waals surface area (Å²) < 4.78 is 0. The van der Waals surface area contributed by atoms with E-state index in [4.69, 9.17) is 0 Å². The third kappa shape index (κ3) is 6.18. The van der Waals surface area contributed by atoms with Gasteiger partial charge in [-0.15, -0.1) is 0 Å². The number of rotatable bonds is 8. The molecule has 1 aromatic rings. The number of hydrogen-bond donors (Lipinski definition) is 1. The highest BCUT2D eigenvalue weighted by Gasteiger charge is 2.02. The van der Waals surface area contributed by atoms with Crippen LogP contribution in [-0.4, -0.2) is 31.6 Å². The highest BCUT2D eigenvalue weighted by atomic mass is 15.1. The Morgan fingerprint density at radius 1 is 1.17 bits per heavy atom. The van der Waals surface area contributed by atoms with E-state index in [1.807, 2.05) is 0 Å². The summed E-state index contributed by atoms with van der Waals surface area (Å²) >= 11 is 0. The van der Waals surface area contributed by atoms with E-state index in [9.17, 15) is 0 Å². The zero-order valence-corrected chi connectivity index (χ0v) is 12.4. The first-order valence-electron chi connectivity index (χ1n) is 7.03. The van der Waals surface area contributed by atoms with Crippen LogP contribution in [0.4, 0.5) is 0 Å². The lowest BCUT2D eigenvalue weighted by molar-refractivity contribution is 0.322. The molecule has 0 aliphatic carbocycles. The zero-order valence-electron chi connectivity index (χ0n) is 12.4. The minimum atomic E-state index is 0.794. The number of nitrogens with zero attached hydrogens (tertiary/aromatic N) is 1. The van der Waals surface area contributed by atoms with Gasteiger partial charge in [0, 0.05) is 19.6 Å². The van der Waals surface area contributed by atoms with Gasteiger partial charge in [-0.05, 0) is 44.0 Å². The molecule has 0 aliphatic rings. The molecule has 0 atom stereocenters. The molecule has 0 saturated heterocycles. The topological polar surface area (TPSA) is 15.3 Å². The molecule has 0 amide bonds. The van der Waals surface area contributed by atoms with E-state index >= 15 is 0 Å². The van der Waals surface area contributed by atoms with E-state index in [0.717, 1.165) is 32.1 Å². The van der Waals surface area contributed by atoms with Crippen molar-refractivity contribution in [3.05, 3.63) is 35.4 Å². The SMILES string of the molecule is Cc1ccccc1CN(C)CCNCCC(C)C. The van der Waals surface area contributed by atoms with Crippen LogP contribution in [0.15, 0.2) is 24.3 Å². The lowest BCUT2D eigenvalue weighted by atomic mass is 10.1. The molecular weight excluding hydrogens is 220 g/mol. The summed E-state index contributed by atoms with van der Waals surface area (Å²) in [5, 5.41) is 3.51. The molecule has 0 saturated carbocycles. The molecule has 0 aliphatic heterocycles. The molecule has 2 heteroatoms. The molecule has 102 valence electrons. The van der Waals surface area contributed by atoms with Crippen molar-refractivity contribution in [2.45, 2.75) is 33.7 Å². The fourth-order valence-electron chi connectivity index (χ4n) is 1.94. The molecule has 1 aromatic carbocycles. The Kier molecular flexibility index (Phi) is 6.99. The average molecular weight is 248 g/mol. The highest BCUT2D eigenvalue weighted by Crippen LogP contribution is 2.08. The predicted octanol–water partition coefficient (Wildman–Crippen LogP) is 3.06. The van der Waals surface area contributed by atoms with Gasteiger partial charge in [-0.2, -0.15) is 0 Å². The summed E-state index contributed by atoms with van der Waals surface area (Å²) in [6.07, 6.45) is 1.27. The Morgan fingerprint density at radius 2 is 1.89 bits per heavy atom. The van der Waals surface area contributed by atoms with Gasteiger partial charge in [0.15, 0.2) is 0 Å². The van der Waals surface area contributed by atoms with Crippen LogP contribution < -0.4 is 5.32 Å². The summed E-state index contributed by atoms with van der Waals surface area (Å²) in [5.41, 5.74) is 2.82. The molecule has 2 nitrogen and oxygen atoms in total. The van der Waals surface area contributed by atoms with E-state index in [2.05, 4.69) is 62.3 Å². The molecule has 0 heterocycles. The number of nitrogens with one attached hydrogen (secondary N) is 1. The van der Waals surface area contributed by atoms with E-state index in [-0.39, 0.29) is 0 Å². The fraction of sp³-hybridized carbons (Fsp3) is 0.625. The quantitative estimate of drug-likeness (QED) is 0.711. The van der Waals surface area contributed by atoms with E-state index in [1.54, 1.807) is 0 Å². The Bertz CT molecular complexity index is 334. The predicted molar refractivity (Wildman–Crippen MR) is 79.8 cm³/mol. The third-order valence-electron chi connectivity index (χ3n) is 3.27. The molecule has 0 aromatic heterocycles. The summed E-state index contributed by atoms with van der Waals surface area (Å²) in [6.45, 7) is 11.1. The standard InChI is InChI=1S/C16H28N2/c1-14(2)9-10-17-11-12-18(4)13-16-8-6-5-7-15(16)3/h5-8,14,17H,9-13H2,1-4H3. The average Bonchev–Trinajstić information content (AvgIpc) is 2.31. The first kappa shape index (κ1) is 15.2. The maximum atomic E-state index is 3.51. The molecule has 1 rings (SSSR count). The number of likely N-dealkylation sites (N-methyl/N-ethyl adjacent to an activating group) is 1. The molecule has 0 spiro atoms. The smallest absolute Gasteiger partial charge is 0.0233 e. The van der Waals surface area contributed by atoms with Gasteiger partial charge in [-0.25, -0.2) is 0 Å². The maximum Gasteiger partial charge on any atom is 0.0233 e. The van der Waals surface area contributed by atoms with Crippen LogP contribution in [0.25, 0.3) is 0 Å². The molecule has 18 heavy (non-hydrogen) atoms. The minimum Gasteiger partial charge on any atom is -0.315 e. The zero-order chi connectivity index (χ0) is 13.4. The van der Waals surface area contributed by atoms with Crippen LogP contribution in [0.5, 0.6) is 0 Å². The molecule has 1 N–H and O–H groups in total. The Balaban J connectivity index is 2.18. The van der Waals surface area contributed by atoms with Crippen molar-refractivity contribution in [2.24, 2.45) is 5.92 Å². The third-order valence-corrected chi connectivity index (χ3v) is 3.27. The number of aryl methyl sites for hydroxylation is 1. The normalized spacial score (nSPS) is 11.4. The van der Waals surface area contributed by atoms with Gasteiger partial charge in [0.05, 0.1) is 0 Å². The molecule has 0 radical (unpaired) electrons. The van der Waals surface area contributed by atoms with Crippen molar-refractivity contribution < 1.29 is 0 Å². The van der Waals surface area contributed by atoms with Gasteiger partial charge in [0.25, 0.3) is 0 Å². The summed E-state index contributed by atoms with van der Waals surface area (Å²) in [5.74, 6) is 0.794. The second-order valence-electron chi connectivity index (χ2n) is 5.60. The van der Waals surface area contributed by atoms with Gasteiger partial charge in [0.2, 0.25) is 0 Å². The highest BCUT2D eigenvalue weighted by molar-refractivity contribution is 5.25. The second-order valence-corrected chi connectivity index (χ2v) is 5.60. The summed E-state index contributed by atoms with van der Waals surface area (Å²) in [7, 11) is 2.19. The van der Waals surface area contributed by atoms with Gasteiger partial charge in [-0.3, -0.25) is 0 Å². The van der Waals surface area contributed by atoms with Gasteiger partial charge in [0.1, 0.15) is 0 Å². The van der Waals surface area contributed by atoms with Gasteiger partial charge >= 0.3 is 0 Å². The van der Waals surface area contributed by atoms with E-state index in [1.165, 1.54) is 17.5 Å². The first-order valence-corrected chi connectivity index (χ1v) is 7.03. The number of hydrogen-bond acceptors (Lipinski definition) is 2. The maximum absolute atomic E-state index is 3.51. The summed E-state index contributed by atoms with van der Waals surface area (Å²) in [4.78, 5) is 2.38. The Labute approximate surface area is 112 Å². The molecule has 0 fully saturated rings. The van der Waals surface area contributed by atoms with Crippen LogP contribution in [0, 0.1) is 12.8 Å². The van der Waals surface area contributed by atoms with Crippen LogP contribution >= 0.6 is 0 Å². The second kappa shape index (κ2) is 8.28. The lowest BCUT2D eigenvalue weighted by Gasteiger charge is -2.18. The van der Waals surface area contributed by atoms with Crippen LogP contribution in [0.1, 0.15) is 31.4 Å². The summed E-state index contributed by atoms with van der Waals surface area (Å²) in [6, 6.07) is 8.63. The first-order chi connectivity index (χ1) is 8.59. The van der Waals surface area contributed by atoms with Crippen molar-refractivity contribution in [3.8, 4) is 0 Å². The van der Waals surface area contributed by atoms with Crippen LogP contribution in [-0.2, 0) is 6.54 Å². The Morgan fingerprint density at radius 3 is 2.56 bits per heavy atom. The van der Waals surface area contributed by atoms with Gasteiger partial charge < -0.3 is 10.2 Å². The van der Waals surface area contributed by atoms with Crippen LogP contribution in [0.3, 0.4) is 0 Å². The van der Waals surface area contributed by atoms with Crippen molar-refractivity contribution in [1.82, 2.24) is 10.2 Å². The lowest BCUT2D eigenvalue weighted by Crippen LogP contribution is -2.30. The van der Waals surface area contributed by atoms with E-state index < -0.39 is 0 Å². The van der Waals surface area contributed by atoms with Crippen molar-refractivity contribution in [1.29, 1.82) is 0 Å². The number of benzene rings is 1. The van der Waals surface area contributed by atoms with E-state index in [0.29, 0.717) is 0 Å². The molecular formula is C16H28N2. The largest absolute Gasteiger partial charge is 0.315 e. The monoisotopic (exact) mass is 248 g/mol. The van der Waals surface area contributed by atoms with Gasteiger partial charge in [-0.1, -0.05) is 38.1 Å². The fourth-order valence-corrected chi connectivity index (χ4v) is 1.94.